The Hall–Kier alpha value is -1.03. The van der Waals surface area contributed by atoms with E-state index in [2.05, 4.69) is 16.1 Å². The molecule has 0 aliphatic heterocycles. The van der Waals surface area contributed by atoms with E-state index in [0.29, 0.717) is 12.1 Å². The van der Waals surface area contributed by atoms with Crippen LogP contribution in [0.4, 0.5) is 5.82 Å². The second-order valence-corrected chi connectivity index (χ2v) is 7.03. The van der Waals surface area contributed by atoms with Crippen molar-refractivity contribution in [3.05, 3.63) is 11.8 Å². The molecule has 104 valence electrons. The van der Waals surface area contributed by atoms with Crippen LogP contribution in [-0.4, -0.2) is 16.8 Å². The molecule has 1 aromatic rings. The van der Waals surface area contributed by atoms with Crippen molar-refractivity contribution in [3.8, 4) is 0 Å². The minimum atomic E-state index is 0.290. The van der Waals surface area contributed by atoms with E-state index in [9.17, 15) is 0 Å². The first-order valence-corrected chi connectivity index (χ1v) is 7.69. The first-order valence-electron chi connectivity index (χ1n) is 7.69. The summed E-state index contributed by atoms with van der Waals surface area (Å²) < 4.78 is 2.31. The highest BCUT2D eigenvalue weighted by atomic mass is 15.4. The van der Waals surface area contributed by atoms with Crippen LogP contribution >= 0.6 is 0 Å². The van der Waals surface area contributed by atoms with Gasteiger partial charge in [0.2, 0.25) is 0 Å². The molecule has 0 saturated heterocycles. The monoisotopic (exact) mass is 260 g/mol. The van der Waals surface area contributed by atoms with Crippen molar-refractivity contribution in [3.63, 3.8) is 0 Å². The maximum absolute atomic E-state index is 5.95. The number of rotatable bonds is 3. The Balaban J connectivity index is 1.76. The van der Waals surface area contributed by atoms with Crippen LogP contribution in [-0.2, 0) is 12.1 Å². The van der Waals surface area contributed by atoms with Gasteiger partial charge in [-0.25, -0.2) is 0 Å². The largest absolute Gasteiger partial charge is 0.372 e. The fourth-order valence-corrected chi connectivity index (χ4v) is 5.42. The lowest BCUT2D eigenvalue weighted by Gasteiger charge is -2.57. The number of nitrogens with two attached hydrogens (primary N) is 1. The van der Waals surface area contributed by atoms with Gasteiger partial charge in [-0.05, 0) is 56.3 Å². The number of hydrogen-bond donors (Lipinski definition) is 2. The van der Waals surface area contributed by atoms with Gasteiger partial charge in [0, 0.05) is 19.7 Å². The van der Waals surface area contributed by atoms with Gasteiger partial charge in [0.15, 0.2) is 0 Å². The van der Waals surface area contributed by atoms with E-state index in [1.165, 1.54) is 44.2 Å². The van der Waals surface area contributed by atoms with Crippen LogP contribution < -0.4 is 11.1 Å². The quantitative estimate of drug-likeness (QED) is 0.877. The molecule has 4 bridgehead atoms. The van der Waals surface area contributed by atoms with Crippen molar-refractivity contribution in [2.45, 2.75) is 50.6 Å². The molecule has 0 amide bonds. The lowest BCUT2D eigenvalue weighted by Crippen LogP contribution is -2.52. The minimum absolute atomic E-state index is 0.290. The molecule has 4 saturated carbocycles. The van der Waals surface area contributed by atoms with Gasteiger partial charge in [-0.1, -0.05) is 0 Å². The summed E-state index contributed by atoms with van der Waals surface area (Å²) in [5.74, 6) is 3.80. The normalized spacial score (nSPS) is 39.8. The summed E-state index contributed by atoms with van der Waals surface area (Å²) in [5, 5.41) is 7.98. The maximum Gasteiger partial charge on any atom is 0.148 e. The van der Waals surface area contributed by atoms with E-state index in [1.807, 2.05) is 7.05 Å². The molecule has 0 spiro atoms. The molecule has 4 heteroatoms. The average molecular weight is 260 g/mol. The molecular weight excluding hydrogens is 236 g/mol. The van der Waals surface area contributed by atoms with Crippen LogP contribution in [0.2, 0.25) is 0 Å². The highest BCUT2D eigenvalue weighted by Gasteiger charge is 2.52. The number of hydrogen-bond acceptors (Lipinski definition) is 3. The van der Waals surface area contributed by atoms with Crippen LogP contribution in [0.15, 0.2) is 6.07 Å². The molecule has 0 atom stereocenters. The summed E-state index contributed by atoms with van der Waals surface area (Å²) in [4.78, 5) is 0. The summed E-state index contributed by atoms with van der Waals surface area (Å²) in [6, 6.07) is 2.12. The maximum atomic E-state index is 5.95. The van der Waals surface area contributed by atoms with Crippen LogP contribution in [0.25, 0.3) is 0 Å². The molecule has 5 rings (SSSR count). The third kappa shape index (κ3) is 1.65. The predicted octanol–water partition coefficient (Wildman–Crippen LogP) is 2.31. The summed E-state index contributed by atoms with van der Waals surface area (Å²) >= 11 is 0. The lowest BCUT2D eigenvalue weighted by molar-refractivity contribution is -0.0506. The SMILES string of the molecule is CNc1cc(CN)n(C23CC4CC(CC(C4)C2)C3)n1. The van der Waals surface area contributed by atoms with Crippen LogP contribution in [0.5, 0.6) is 0 Å². The molecule has 3 N–H and O–H groups in total. The van der Waals surface area contributed by atoms with Crippen molar-refractivity contribution < 1.29 is 0 Å². The summed E-state index contributed by atoms with van der Waals surface area (Å²) in [6.45, 7) is 0.594. The second kappa shape index (κ2) is 3.98. The zero-order valence-electron chi connectivity index (χ0n) is 11.7. The summed E-state index contributed by atoms with van der Waals surface area (Å²) in [5.41, 5.74) is 7.44. The van der Waals surface area contributed by atoms with Gasteiger partial charge in [-0.15, -0.1) is 0 Å². The Bertz CT molecular complexity index is 455. The topological polar surface area (TPSA) is 55.9 Å². The Labute approximate surface area is 114 Å². The molecule has 0 radical (unpaired) electrons. The first-order chi connectivity index (χ1) is 9.22. The predicted molar refractivity (Wildman–Crippen MR) is 75.8 cm³/mol. The van der Waals surface area contributed by atoms with E-state index in [-0.39, 0.29) is 0 Å². The number of nitrogens with one attached hydrogen (secondary N) is 1. The van der Waals surface area contributed by atoms with Crippen molar-refractivity contribution in [1.29, 1.82) is 0 Å². The van der Waals surface area contributed by atoms with E-state index in [0.717, 1.165) is 23.6 Å². The van der Waals surface area contributed by atoms with E-state index >= 15 is 0 Å². The Morgan fingerprint density at radius 1 is 1.26 bits per heavy atom. The smallest absolute Gasteiger partial charge is 0.148 e. The van der Waals surface area contributed by atoms with Crippen LogP contribution in [0, 0.1) is 17.8 Å². The highest BCUT2D eigenvalue weighted by Crippen LogP contribution is 2.58. The fourth-order valence-electron chi connectivity index (χ4n) is 5.42. The molecule has 4 fully saturated rings. The van der Waals surface area contributed by atoms with E-state index in [1.54, 1.807) is 0 Å². The molecular formula is C15H24N4. The third-order valence-electron chi connectivity index (χ3n) is 5.70. The highest BCUT2D eigenvalue weighted by molar-refractivity contribution is 5.36. The van der Waals surface area contributed by atoms with Crippen LogP contribution in [0.3, 0.4) is 0 Å². The summed E-state index contributed by atoms with van der Waals surface area (Å²) in [6.07, 6.45) is 8.40. The van der Waals surface area contributed by atoms with Gasteiger partial charge in [0.1, 0.15) is 5.82 Å². The van der Waals surface area contributed by atoms with Gasteiger partial charge in [-0.2, -0.15) is 5.10 Å². The molecule has 19 heavy (non-hydrogen) atoms. The van der Waals surface area contributed by atoms with Crippen LogP contribution in [0.1, 0.15) is 44.2 Å². The minimum Gasteiger partial charge on any atom is -0.372 e. The lowest BCUT2D eigenvalue weighted by atomic mass is 9.53. The van der Waals surface area contributed by atoms with E-state index < -0.39 is 0 Å². The molecule has 4 nitrogen and oxygen atoms in total. The second-order valence-electron chi connectivity index (χ2n) is 7.03. The number of anilines is 1. The standard InChI is InChI=1S/C15H24N4/c1-17-14-5-13(9-16)19(18-14)15-6-10-2-11(7-15)4-12(3-10)8-15/h5,10-12H,2-4,6-9,16H2,1H3,(H,17,18). The first kappa shape index (κ1) is 11.8. The fraction of sp³-hybridized carbons (Fsp3) is 0.800. The van der Waals surface area contributed by atoms with Crippen molar-refractivity contribution in [2.24, 2.45) is 23.5 Å². The number of aromatic nitrogens is 2. The van der Waals surface area contributed by atoms with Gasteiger partial charge >= 0.3 is 0 Å². The Morgan fingerprint density at radius 2 is 1.84 bits per heavy atom. The van der Waals surface area contributed by atoms with Gasteiger partial charge in [-0.3, -0.25) is 4.68 Å². The van der Waals surface area contributed by atoms with Crippen molar-refractivity contribution >= 4 is 5.82 Å². The Morgan fingerprint density at radius 3 is 2.32 bits per heavy atom. The zero-order chi connectivity index (χ0) is 13.0. The van der Waals surface area contributed by atoms with Gasteiger partial charge in [0.25, 0.3) is 0 Å². The molecule has 0 aromatic carbocycles. The van der Waals surface area contributed by atoms with E-state index in [4.69, 9.17) is 10.8 Å². The molecule has 4 aliphatic rings. The third-order valence-corrected chi connectivity index (χ3v) is 5.70. The molecule has 1 heterocycles. The average Bonchev–Trinajstić information content (AvgIpc) is 2.81. The van der Waals surface area contributed by atoms with Crippen molar-refractivity contribution in [2.75, 3.05) is 12.4 Å². The molecule has 0 unspecified atom stereocenters. The van der Waals surface area contributed by atoms with Crippen molar-refractivity contribution in [1.82, 2.24) is 9.78 Å². The van der Waals surface area contributed by atoms with Gasteiger partial charge < -0.3 is 11.1 Å². The number of nitrogens with zero attached hydrogens (tertiary/aromatic N) is 2. The molecule has 1 aromatic heterocycles. The zero-order valence-corrected chi connectivity index (χ0v) is 11.7. The van der Waals surface area contributed by atoms with Gasteiger partial charge in [0.05, 0.1) is 11.2 Å². The molecule has 4 aliphatic carbocycles. The summed E-state index contributed by atoms with van der Waals surface area (Å²) in [7, 11) is 1.94. The Kier molecular flexibility index (Phi) is 2.47.